The molecule has 7 heteroatoms. The van der Waals surface area contributed by atoms with Crippen LogP contribution in [-0.4, -0.2) is 57.4 Å². The molecule has 1 saturated heterocycles. The number of hydrogen-bond donors (Lipinski definition) is 0. The van der Waals surface area contributed by atoms with Gasteiger partial charge in [0.2, 0.25) is 0 Å². The van der Waals surface area contributed by atoms with Gasteiger partial charge in [-0.25, -0.2) is 9.78 Å². The Morgan fingerprint density at radius 2 is 2.00 bits per heavy atom. The molecule has 0 atom stereocenters. The summed E-state index contributed by atoms with van der Waals surface area (Å²) in [5.74, 6) is 1.02. The molecule has 1 fully saturated rings. The van der Waals surface area contributed by atoms with E-state index in [1.807, 2.05) is 44.3 Å². The van der Waals surface area contributed by atoms with Crippen molar-refractivity contribution in [1.29, 1.82) is 0 Å². The highest BCUT2D eigenvalue weighted by Gasteiger charge is 2.25. The predicted octanol–water partition coefficient (Wildman–Crippen LogP) is 2.48. The number of carbonyl (C=O) groups is 1. The van der Waals surface area contributed by atoms with E-state index in [0.717, 1.165) is 36.7 Å². The van der Waals surface area contributed by atoms with Gasteiger partial charge in [0.15, 0.2) is 5.65 Å². The molecule has 0 bridgehead atoms. The molecule has 24 heavy (non-hydrogen) atoms. The van der Waals surface area contributed by atoms with Crippen molar-refractivity contribution in [3.8, 4) is 0 Å². The number of aromatic nitrogens is 3. The minimum Gasteiger partial charge on any atom is -0.444 e. The van der Waals surface area contributed by atoms with Gasteiger partial charge in [-0.3, -0.25) is 0 Å². The zero-order valence-corrected chi connectivity index (χ0v) is 14.8. The van der Waals surface area contributed by atoms with Crippen molar-refractivity contribution in [1.82, 2.24) is 19.5 Å². The third kappa shape index (κ3) is 3.60. The second kappa shape index (κ2) is 6.30. The summed E-state index contributed by atoms with van der Waals surface area (Å²) in [6.45, 7) is 10.6. The first-order valence-corrected chi connectivity index (χ1v) is 8.38. The SMILES string of the molecule is Cc1cc(N2CCCN(C(=O)OC(C)(C)C)CC2)n2nccc2n1. The summed E-state index contributed by atoms with van der Waals surface area (Å²) in [5, 5.41) is 4.38. The molecular weight excluding hydrogens is 306 g/mol. The summed E-state index contributed by atoms with van der Waals surface area (Å²) >= 11 is 0. The molecule has 0 saturated carbocycles. The van der Waals surface area contributed by atoms with Crippen LogP contribution in [0.4, 0.5) is 10.6 Å². The molecule has 0 radical (unpaired) electrons. The van der Waals surface area contributed by atoms with E-state index in [-0.39, 0.29) is 6.09 Å². The van der Waals surface area contributed by atoms with E-state index in [1.165, 1.54) is 0 Å². The first-order chi connectivity index (χ1) is 11.3. The van der Waals surface area contributed by atoms with E-state index in [4.69, 9.17) is 4.74 Å². The lowest BCUT2D eigenvalue weighted by Gasteiger charge is -2.27. The minimum atomic E-state index is -0.466. The number of rotatable bonds is 1. The maximum absolute atomic E-state index is 12.3. The Hall–Kier alpha value is -2.31. The topological polar surface area (TPSA) is 63.0 Å². The summed E-state index contributed by atoms with van der Waals surface area (Å²) in [7, 11) is 0. The Kier molecular flexibility index (Phi) is 4.34. The van der Waals surface area contributed by atoms with Crippen molar-refractivity contribution in [3.63, 3.8) is 0 Å². The van der Waals surface area contributed by atoms with E-state index < -0.39 is 5.60 Å². The van der Waals surface area contributed by atoms with Crippen LogP contribution in [0.3, 0.4) is 0 Å². The molecular formula is C17H25N5O2. The molecule has 3 rings (SSSR count). The van der Waals surface area contributed by atoms with Crippen molar-refractivity contribution in [2.75, 3.05) is 31.1 Å². The van der Waals surface area contributed by atoms with Gasteiger partial charge in [-0.15, -0.1) is 0 Å². The maximum Gasteiger partial charge on any atom is 0.410 e. The van der Waals surface area contributed by atoms with E-state index in [0.29, 0.717) is 13.1 Å². The van der Waals surface area contributed by atoms with Crippen LogP contribution in [-0.2, 0) is 4.74 Å². The average molecular weight is 331 g/mol. The van der Waals surface area contributed by atoms with Crippen molar-refractivity contribution in [3.05, 3.63) is 24.0 Å². The number of ether oxygens (including phenoxy) is 1. The second-order valence-corrected chi connectivity index (χ2v) is 7.16. The zero-order valence-electron chi connectivity index (χ0n) is 14.8. The normalized spacial score (nSPS) is 16.3. The van der Waals surface area contributed by atoms with Crippen LogP contribution in [0.1, 0.15) is 32.9 Å². The third-order valence-electron chi connectivity index (χ3n) is 3.94. The van der Waals surface area contributed by atoms with Gasteiger partial charge in [0.1, 0.15) is 11.4 Å². The van der Waals surface area contributed by atoms with Gasteiger partial charge in [0.25, 0.3) is 0 Å². The molecule has 1 aliphatic rings. The summed E-state index contributed by atoms with van der Waals surface area (Å²) in [6, 6.07) is 3.95. The highest BCUT2D eigenvalue weighted by atomic mass is 16.6. The first-order valence-electron chi connectivity index (χ1n) is 8.38. The van der Waals surface area contributed by atoms with Gasteiger partial charge >= 0.3 is 6.09 Å². The molecule has 2 aromatic rings. The number of amides is 1. The Bertz CT molecular complexity index is 734. The van der Waals surface area contributed by atoms with Gasteiger partial charge in [0, 0.05) is 44.0 Å². The van der Waals surface area contributed by atoms with E-state index in [9.17, 15) is 4.79 Å². The van der Waals surface area contributed by atoms with E-state index in [2.05, 4.69) is 15.0 Å². The number of aryl methyl sites for hydroxylation is 1. The number of anilines is 1. The lowest BCUT2D eigenvalue weighted by Crippen LogP contribution is -2.39. The van der Waals surface area contributed by atoms with E-state index in [1.54, 1.807) is 11.1 Å². The lowest BCUT2D eigenvalue weighted by molar-refractivity contribution is 0.0263. The number of hydrogen-bond acceptors (Lipinski definition) is 5. The van der Waals surface area contributed by atoms with Gasteiger partial charge < -0.3 is 14.5 Å². The molecule has 1 aliphatic heterocycles. The standard InChI is InChI=1S/C17H25N5O2/c1-13-12-15(22-14(19-13)6-7-18-22)20-8-5-9-21(11-10-20)16(23)24-17(2,3)4/h6-7,12H,5,8-11H2,1-4H3. The fraction of sp³-hybridized carbons (Fsp3) is 0.588. The van der Waals surface area contributed by atoms with Crippen molar-refractivity contribution >= 4 is 17.6 Å². The first kappa shape index (κ1) is 16.5. The molecule has 1 amide bonds. The average Bonchev–Trinajstić information content (AvgIpc) is 2.80. The van der Waals surface area contributed by atoms with Crippen molar-refractivity contribution < 1.29 is 9.53 Å². The minimum absolute atomic E-state index is 0.237. The van der Waals surface area contributed by atoms with Crippen LogP contribution in [0.5, 0.6) is 0 Å². The Labute approximate surface area is 142 Å². The Balaban J connectivity index is 1.75. The maximum atomic E-state index is 12.3. The highest BCUT2D eigenvalue weighted by Crippen LogP contribution is 2.19. The molecule has 2 aromatic heterocycles. The lowest BCUT2D eigenvalue weighted by atomic mass is 10.2. The van der Waals surface area contributed by atoms with Crippen LogP contribution < -0.4 is 4.90 Å². The molecule has 0 spiro atoms. The van der Waals surface area contributed by atoms with Crippen LogP contribution in [0.2, 0.25) is 0 Å². The van der Waals surface area contributed by atoms with Crippen molar-refractivity contribution in [2.45, 2.75) is 39.7 Å². The van der Waals surface area contributed by atoms with Crippen LogP contribution >= 0.6 is 0 Å². The van der Waals surface area contributed by atoms with Crippen LogP contribution in [0.15, 0.2) is 18.3 Å². The molecule has 0 unspecified atom stereocenters. The summed E-state index contributed by atoms with van der Waals surface area (Å²) in [5.41, 5.74) is 1.34. The Morgan fingerprint density at radius 3 is 2.75 bits per heavy atom. The highest BCUT2D eigenvalue weighted by molar-refractivity contribution is 5.68. The zero-order chi connectivity index (χ0) is 17.3. The van der Waals surface area contributed by atoms with Crippen molar-refractivity contribution in [2.24, 2.45) is 0 Å². The summed E-state index contributed by atoms with van der Waals surface area (Å²) in [4.78, 5) is 20.8. The molecule has 3 heterocycles. The molecule has 0 aliphatic carbocycles. The third-order valence-corrected chi connectivity index (χ3v) is 3.94. The number of carbonyl (C=O) groups excluding carboxylic acids is 1. The number of nitrogens with zero attached hydrogens (tertiary/aromatic N) is 5. The second-order valence-electron chi connectivity index (χ2n) is 7.16. The molecule has 7 nitrogen and oxygen atoms in total. The summed E-state index contributed by atoms with van der Waals surface area (Å²) in [6.07, 6.45) is 2.42. The van der Waals surface area contributed by atoms with Crippen LogP contribution in [0, 0.1) is 6.92 Å². The van der Waals surface area contributed by atoms with Gasteiger partial charge in [0.05, 0.1) is 6.20 Å². The van der Waals surface area contributed by atoms with Crippen LogP contribution in [0.25, 0.3) is 5.65 Å². The van der Waals surface area contributed by atoms with Gasteiger partial charge in [-0.2, -0.15) is 9.61 Å². The smallest absolute Gasteiger partial charge is 0.410 e. The predicted molar refractivity (Wildman–Crippen MR) is 92.4 cm³/mol. The number of fused-ring (bicyclic) bond motifs is 1. The molecule has 130 valence electrons. The largest absolute Gasteiger partial charge is 0.444 e. The molecule has 0 N–H and O–H groups in total. The quantitative estimate of drug-likeness (QED) is 0.803. The fourth-order valence-corrected chi connectivity index (χ4v) is 2.90. The fourth-order valence-electron chi connectivity index (χ4n) is 2.90. The Morgan fingerprint density at radius 1 is 1.21 bits per heavy atom. The molecule has 0 aromatic carbocycles. The monoisotopic (exact) mass is 331 g/mol. The summed E-state index contributed by atoms with van der Waals surface area (Å²) < 4.78 is 7.35. The van der Waals surface area contributed by atoms with Gasteiger partial charge in [-0.05, 0) is 34.1 Å². The van der Waals surface area contributed by atoms with Gasteiger partial charge in [-0.1, -0.05) is 0 Å². The van der Waals surface area contributed by atoms with E-state index >= 15 is 0 Å².